The van der Waals surface area contributed by atoms with Crippen LogP contribution in [0.1, 0.15) is 12.8 Å². The van der Waals surface area contributed by atoms with Gasteiger partial charge >= 0.3 is 0 Å². The molecule has 0 bridgehead atoms. The summed E-state index contributed by atoms with van der Waals surface area (Å²) >= 11 is 0. The number of anilines is 1. The molecule has 1 amide bonds. The number of hydrogen-bond acceptors (Lipinski definition) is 3. The molecule has 1 fully saturated rings. The first-order valence-corrected chi connectivity index (χ1v) is 5.14. The van der Waals surface area contributed by atoms with Crippen LogP contribution >= 0.6 is 0 Å². The highest BCUT2D eigenvalue weighted by molar-refractivity contribution is 5.96. The van der Waals surface area contributed by atoms with Gasteiger partial charge in [0.1, 0.15) is 5.82 Å². The minimum absolute atomic E-state index is 0.0792. The maximum atomic E-state index is 11.9. The van der Waals surface area contributed by atoms with E-state index < -0.39 is 0 Å². The maximum Gasteiger partial charge on any atom is 0.233 e. The van der Waals surface area contributed by atoms with Gasteiger partial charge in [-0.2, -0.15) is 0 Å². The Morgan fingerprint density at radius 1 is 1.53 bits per heavy atom. The number of aromatic nitrogens is 1. The molecule has 1 aliphatic carbocycles. The van der Waals surface area contributed by atoms with Crippen molar-refractivity contribution in [3.63, 3.8) is 0 Å². The van der Waals surface area contributed by atoms with E-state index in [4.69, 9.17) is 0 Å². The van der Waals surface area contributed by atoms with Crippen LogP contribution in [0.4, 0.5) is 5.82 Å². The molecule has 1 aliphatic rings. The van der Waals surface area contributed by atoms with Gasteiger partial charge in [0.2, 0.25) is 5.91 Å². The van der Waals surface area contributed by atoms with Crippen LogP contribution < -0.4 is 10.6 Å². The normalized spacial score (nSPS) is 17.1. The molecule has 1 aromatic heterocycles. The molecule has 0 radical (unpaired) electrons. The van der Waals surface area contributed by atoms with Gasteiger partial charge in [-0.15, -0.1) is 0 Å². The van der Waals surface area contributed by atoms with Crippen molar-refractivity contribution in [2.24, 2.45) is 5.41 Å². The fraction of sp³-hybridized carbons (Fsp3) is 0.455. The fourth-order valence-corrected chi connectivity index (χ4v) is 1.66. The SMILES string of the molecule is CNCC1(C(=O)Nc2ccccn2)CC1. The molecule has 1 aromatic rings. The van der Waals surface area contributed by atoms with Gasteiger partial charge in [0.25, 0.3) is 0 Å². The minimum atomic E-state index is -0.188. The average Bonchev–Trinajstić information content (AvgIpc) is 3.01. The second-order valence-electron chi connectivity index (χ2n) is 3.98. The van der Waals surface area contributed by atoms with Crippen molar-refractivity contribution in [2.75, 3.05) is 18.9 Å². The highest BCUT2D eigenvalue weighted by atomic mass is 16.2. The van der Waals surface area contributed by atoms with Crippen LogP contribution in [0.2, 0.25) is 0 Å². The van der Waals surface area contributed by atoms with Crippen LogP contribution in [0.5, 0.6) is 0 Å². The second kappa shape index (κ2) is 3.98. The lowest BCUT2D eigenvalue weighted by Gasteiger charge is -2.13. The van der Waals surface area contributed by atoms with Crippen molar-refractivity contribution in [1.29, 1.82) is 0 Å². The highest BCUT2D eigenvalue weighted by Crippen LogP contribution is 2.45. The smallest absolute Gasteiger partial charge is 0.233 e. The van der Waals surface area contributed by atoms with E-state index in [-0.39, 0.29) is 11.3 Å². The zero-order chi connectivity index (χ0) is 10.7. The monoisotopic (exact) mass is 205 g/mol. The van der Waals surface area contributed by atoms with Gasteiger partial charge in [0, 0.05) is 12.7 Å². The van der Waals surface area contributed by atoms with Gasteiger partial charge in [-0.05, 0) is 32.0 Å². The first-order chi connectivity index (χ1) is 7.27. The Labute approximate surface area is 89.1 Å². The van der Waals surface area contributed by atoms with Gasteiger partial charge in [-0.1, -0.05) is 6.07 Å². The van der Waals surface area contributed by atoms with Crippen LogP contribution in [0, 0.1) is 5.41 Å². The van der Waals surface area contributed by atoms with E-state index in [0.717, 1.165) is 19.4 Å². The van der Waals surface area contributed by atoms with Gasteiger partial charge in [0.15, 0.2) is 0 Å². The maximum absolute atomic E-state index is 11.9. The number of carbonyl (C=O) groups excluding carboxylic acids is 1. The summed E-state index contributed by atoms with van der Waals surface area (Å²) in [6.45, 7) is 0.742. The molecule has 0 unspecified atom stereocenters. The molecule has 4 nitrogen and oxygen atoms in total. The Bertz CT molecular complexity index is 346. The predicted octanol–water partition coefficient (Wildman–Crippen LogP) is 1.02. The largest absolute Gasteiger partial charge is 0.319 e. The van der Waals surface area contributed by atoms with E-state index in [2.05, 4.69) is 15.6 Å². The van der Waals surface area contributed by atoms with Crippen molar-refractivity contribution in [2.45, 2.75) is 12.8 Å². The van der Waals surface area contributed by atoms with E-state index >= 15 is 0 Å². The number of carbonyl (C=O) groups is 1. The summed E-state index contributed by atoms with van der Waals surface area (Å²) in [6, 6.07) is 5.49. The van der Waals surface area contributed by atoms with Crippen LogP contribution in [0.3, 0.4) is 0 Å². The second-order valence-corrected chi connectivity index (χ2v) is 3.98. The van der Waals surface area contributed by atoms with Gasteiger partial charge < -0.3 is 10.6 Å². The van der Waals surface area contributed by atoms with Crippen LogP contribution in [-0.2, 0) is 4.79 Å². The summed E-state index contributed by atoms with van der Waals surface area (Å²) in [7, 11) is 1.87. The van der Waals surface area contributed by atoms with Gasteiger partial charge in [-0.3, -0.25) is 4.79 Å². The van der Waals surface area contributed by atoms with Crippen molar-refractivity contribution < 1.29 is 4.79 Å². The number of nitrogens with zero attached hydrogens (tertiary/aromatic N) is 1. The standard InChI is InChI=1S/C11H15N3O/c1-12-8-11(5-6-11)10(15)14-9-4-2-3-7-13-9/h2-4,7,12H,5-6,8H2,1H3,(H,13,14,15). The summed E-state index contributed by atoms with van der Waals surface area (Å²) in [4.78, 5) is 16.0. The van der Waals surface area contributed by atoms with Crippen molar-refractivity contribution >= 4 is 11.7 Å². The Hall–Kier alpha value is -1.42. The molecule has 80 valence electrons. The zero-order valence-electron chi connectivity index (χ0n) is 8.79. The quantitative estimate of drug-likeness (QED) is 0.771. The lowest BCUT2D eigenvalue weighted by atomic mass is 10.1. The van der Waals surface area contributed by atoms with Crippen molar-refractivity contribution in [3.8, 4) is 0 Å². The number of rotatable bonds is 4. The van der Waals surface area contributed by atoms with Crippen LogP contribution in [-0.4, -0.2) is 24.5 Å². The highest BCUT2D eigenvalue weighted by Gasteiger charge is 2.49. The molecule has 0 saturated heterocycles. The molecule has 15 heavy (non-hydrogen) atoms. The average molecular weight is 205 g/mol. The fourth-order valence-electron chi connectivity index (χ4n) is 1.66. The number of amides is 1. The third kappa shape index (κ3) is 2.15. The number of hydrogen-bond donors (Lipinski definition) is 2. The third-order valence-electron chi connectivity index (χ3n) is 2.76. The molecular formula is C11H15N3O. The summed E-state index contributed by atoms with van der Waals surface area (Å²) in [5, 5.41) is 5.90. The lowest BCUT2D eigenvalue weighted by Crippen LogP contribution is -2.32. The van der Waals surface area contributed by atoms with Crippen LogP contribution in [0.25, 0.3) is 0 Å². The van der Waals surface area contributed by atoms with Crippen LogP contribution in [0.15, 0.2) is 24.4 Å². The first kappa shape index (κ1) is 10.1. The third-order valence-corrected chi connectivity index (χ3v) is 2.76. The van der Waals surface area contributed by atoms with E-state index in [1.165, 1.54) is 0 Å². The summed E-state index contributed by atoms with van der Waals surface area (Å²) in [5.74, 6) is 0.709. The van der Waals surface area contributed by atoms with Crippen molar-refractivity contribution in [1.82, 2.24) is 10.3 Å². The van der Waals surface area contributed by atoms with E-state index in [1.807, 2.05) is 19.2 Å². The molecule has 2 rings (SSSR count). The minimum Gasteiger partial charge on any atom is -0.319 e. The van der Waals surface area contributed by atoms with Gasteiger partial charge in [-0.25, -0.2) is 4.98 Å². The van der Waals surface area contributed by atoms with Crippen molar-refractivity contribution in [3.05, 3.63) is 24.4 Å². The van der Waals surface area contributed by atoms with E-state index in [0.29, 0.717) is 5.82 Å². The lowest BCUT2D eigenvalue weighted by molar-refractivity contribution is -0.121. The van der Waals surface area contributed by atoms with E-state index in [1.54, 1.807) is 12.3 Å². The molecule has 0 atom stereocenters. The molecule has 1 heterocycles. The summed E-state index contributed by atoms with van der Waals surface area (Å²) in [6.07, 6.45) is 3.60. The molecular weight excluding hydrogens is 190 g/mol. The van der Waals surface area contributed by atoms with E-state index in [9.17, 15) is 4.79 Å². The Kier molecular flexibility index (Phi) is 2.68. The molecule has 4 heteroatoms. The topological polar surface area (TPSA) is 54.0 Å². The number of pyridine rings is 1. The van der Waals surface area contributed by atoms with Gasteiger partial charge in [0.05, 0.1) is 5.41 Å². The summed E-state index contributed by atoms with van der Waals surface area (Å²) in [5.41, 5.74) is -0.188. The molecule has 0 aromatic carbocycles. The molecule has 0 aliphatic heterocycles. The number of nitrogens with one attached hydrogen (secondary N) is 2. The Balaban J connectivity index is 1.99. The Morgan fingerprint density at radius 3 is 2.87 bits per heavy atom. The summed E-state index contributed by atoms with van der Waals surface area (Å²) < 4.78 is 0. The Morgan fingerprint density at radius 2 is 2.33 bits per heavy atom. The molecule has 1 saturated carbocycles. The molecule has 2 N–H and O–H groups in total. The predicted molar refractivity (Wildman–Crippen MR) is 58.5 cm³/mol. The first-order valence-electron chi connectivity index (χ1n) is 5.14. The zero-order valence-corrected chi connectivity index (χ0v) is 8.79. The molecule has 0 spiro atoms.